The molecule has 0 amide bonds. The number of nitriles is 1. The third-order valence-electron chi connectivity index (χ3n) is 6.47. The summed E-state index contributed by atoms with van der Waals surface area (Å²) < 4.78 is 33.4. The van der Waals surface area contributed by atoms with Crippen LogP contribution in [0.25, 0.3) is 33.2 Å². The maximum Gasteiger partial charge on any atom is 0.229 e. The van der Waals surface area contributed by atoms with E-state index in [1.54, 1.807) is 18.3 Å². The van der Waals surface area contributed by atoms with Crippen molar-refractivity contribution < 1.29 is 13.2 Å². The van der Waals surface area contributed by atoms with Crippen LogP contribution in [0.5, 0.6) is 0 Å². The molecule has 1 N–H and O–H groups in total. The number of para-hydroxylation sites is 1. The molecule has 0 radical (unpaired) electrons. The Bertz CT molecular complexity index is 1580. The first-order valence-electron chi connectivity index (χ1n) is 12.1. The van der Waals surface area contributed by atoms with Gasteiger partial charge in [-0.2, -0.15) is 5.26 Å². The Morgan fingerprint density at radius 1 is 0.946 bits per heavy atom. The van der Waals surface area contributed by atoms with E-state index in [1.807, 2.05) is 42.5 Å². The van der Waals surface area contributed by atoms with E-state index in [0.29, 0.717) is 27.7 Å². The average molecular weight is 513 g/mol. The highest BCUT2D eigenvalue weighted by Crippen LogP contribution is 2.38. The van der Waals surface area contributed by atoms with Crippen molar-refractivity contribution in [3.63, 3.8) is 0 Å². The summed E-state index contributed by atoms with van der Waals surface area (Å²) in [6.45, 7) is 5.79. The van der Waals surface area contributed by atoms with Crippen molar-refractivity contribution in [2.75, 3.05) is 29.0 Å². The van der Waals surface area contributed by atoms with Crippen LogP contribution in [0.1, 0.15) is 19.4 Å². The number of hydrogen-bond donors (Lipinski definition) is 1. The molecule has 7 nitrogen and oxygen atoms in total. The molecule has 0 aliphatic carbocycles. The number of pyridine rings is 1. The molecular weight excluding hydrogens is 484 g/mol. The predicted molar refractivity (Wildman–Crippen MR) is 148 cm³/mol. The summed E-state index contributed by atoms with van der Waals surface area (Å²) in [5.74, 6) is 0. The minimum absolute atomic E-state index is 0.156. The van der Waals surface area contributed by atoms with Crippen molar-refractivity contribution >= 4 is 32.3 Å². The van der Waals surface area contributed by atoms with E-state index in [4.69, 9.17) is 15.0 Å². The van der Waals surface area contributed by atoms with Gasteiger partial charge < -0.3 is 9.64 Å². The predicted octanol–water partition coefficient (Wildman–Crippen LogP) is 5.43. The summed E-state index contributed by atoms with van der Waals surface area (Å²) >= 11 is 0. The first-order valence-corrected chi connectivity index (χ1v) is 14.0. The molecule has 5 rings (SSSR count). The molecule has 8 heteroatoms. The lowest BCUT2D eigenvalue weighted by molar-refractivity contribution is -0.00521. The maximum atomic E-state index is 12.4. The van der Waals surface area contributed by atoms with Crippen LogP contribution in [0.4, 0.5) is 11.4 Å². The summed E-state index contributed by atoms with van der Waals surface area (Å²) in [7, 11) is -3.56. The lowest BCUT2D eigenvalue weighted by Crippen LogP contribution is -2.45. The Morgan fingerprint density at radius 2 is 1.57 bits per heavy atom. The fourth-order valence-electron chi connectivity index (χ4n) is 4.94. The van der Waals surface area contributed by atoms with Gasteiger partial charge in [0.1, 0.15) is 0 Å². The third kappa shape index (κ3) is 5.29. The van der Waals surface area contributed by atoms with Gasteiger partial charge in [-0.1, -0.05) is 42.5 Å². The molecular formula is C29H28N4O3S. The van der Waals surface area contributed by atoms with E-state index in [-0.39, 0.29) is 12.2 Å². The van der Waals surface area contributed by atoms with Gasteiger partial charge in [-0.15, -0.1) is 0 Å². The number of rotatable bonds is 5. The van der Waals surface area contributed by atoms with Crippen LogP contribution in [-0.2, 0) is 14.8 Å². The molecule has 0 unspecified atom stereocenters. The van der Waals surface area contributed by atoms with Gasteiger partial charge in [0.2, 0.25) is 10.0 Å². The van der Waals surface area contributed by atoms with E-state index >= 15 is 0 Å². The monoisotopic (exact) mass is 512 g/mol. The maximum absolute atomic E-state index is 12.4. The molecule has 1 saturated heterocycles. The molecule has 1 aliphatic heterocycles. The smallest absolute Gasteiger partial charge is 0.229 e. The van der Waals surface area contributed by atoms with Crippen LogP contribution in [0, 0.1) is 11.3 Å². The summed E-state index contributed by atoms with van der Waals surface area (Å²) in [6, 6.07) is 23.2. The van der Waals surface area contributed by atoms with Crippen LogP contribution in [0.15, 0.2) is 72.9 Å². The Kier molecular flexibility index (Phi) is 6.59. The number of nitrogens with one attached hydrogen (secondary N) is 1. The average Bonchev–Trinajstić information content (AvgIpc) is 2.87. The molecule has 0 bridgehead atoms. The molecule has 1 aliphatic rings. The van der Waals surface area contributed by atoms with E-state index in [1.165, 1.54) is 0 Å². The first kappa shape index (κ1) is 24.8. The first-order chi connectivity index (χ1) is 17.7. The van der Waals surface area contributed by atoms with Crippen molar-refractivity contribution in [2.45, 2.75) is 26.1 Å². The SMILES string of the molecule is C[C@@H]1CN(c2ccc(-c3cnc4c(-c5ccc(C#N)cc5)cccc4c3NS(C)(=O)=O)cc2)C[C@H](C)O1. The number of nitrogens with zero attached hydrogens (tertiary/aromatic N) is 3. The van der Waals surface area contributed by atoms with E-state index < -0.39 is 10.0 Å². The highest BCUT2D eigenvalue weighted by atomic mass is 32.2. The summed E-state index contributed by atoms with van der Waals surface area (Å²) in [6.07, 6.45) is 3.18. The number of sulfonamides is 1. The summed E-state index contributed by atoms with van der Waals surface area (Å²) in [5.41, 5.74) is 6.15. The normalized spacial score (nSPS) is 17.9. The second-order valence-electron chi connectivity index (χ2n) is 9.52. The topological polar surface area (TPSA) is 95.3 Å². The number of anilines is 2. The zero-order valence-corrected chi connectivity index (χ0v) is 21.8. The van der Waals surface area contributed by atoms with Crippen LogP contribution < -0.4 is 9.62 Å². The minimum atomic E-state index is -3.56. The molecule has 0 spiro atoms. The molecule has 1 fully saturated rings. The van der Waals surface area contributed by atoms with Crippen LogP contribution >= 0.6 is 0 Å². The zero-order valence-electron chi connectivity index (χ0n) is 21.0. The summed E-state index contributed by atoms with van der Waals surface area (Å²) in [5, 5.41) is 9.83. The summed E-state index contributed by atoms with van der Waals surface area (Å²) in [4.78, 5) is 7.08. The molecule has 1 aromatic heterocycles. The number of hydrogen-bond acceptors (Lipinski definition) is 6. The molecule has 2 heterocycles. The molecule has 3 aromatic carbocycles. The molecule has 188 valence electrons. The highest BCUT2D eigenvalue weighted by Gasteiger charge is 2.23. The van der Waals surface area contributed by atoms with Gasteiger partial charge in [-0.05, 0) is 49.2 Å². The molecule has 4 aromatic rings. The quantitative estimate of drug-likeness (QED) is 0.383. The number of aromatic nitrogens is 1. The number of fused-ring (bicyclic) bond motifs is 1. The number of benzene rings is 3. The van der Waals surface area contributed by atoms with Gasteiger partial charge in [0.25, 0.3) is 0 Å². The van der Waals surface area contributed by atoms with Crippen LogP contribution in [0.3, 0.4) is 0 Å². The third-order valence-corrected chi connectivity index (χ3v) is 7.05. The molecule has 2 atom stereocenters. The Balaban J connectivity index is 1.60. The van der Waals surface area contributed by atoms with Crippen LogP contribution in [0.2, 0.25) is 0 Å². The fraction of sp³-hybridized carbons (Fsp3) is 0.241. The molecule has 37 heavy (non-hydrogen) atoms. The Labute approximate surface area is 217 Å². The lowest BCUT2D eigenvalue weighted by Gasteiger charge is -2.36. The van der Waals surface area contributed by atoms with E-state index in [2.05, 4.69) is 41.7 Å². The van der Waals surface area contributed by atoms with E-state index in [0.717, 1.165) is 41.7 Å². The zero-order chi connectivity index (χ0) is 26.2. The van der Waals surface area contributed by atoms with Gasteiger partial charge in [0.15, 0.2) is 0 Å². The van der Waals surface area contributed by atoms with E-state index in [9.17, 15) is 8.42 Å². The van der Waals surface area contributed by atoms with Gasteiger partial charge >= 0.3 is 0 Å². The number of morpholine rings is 1. The van der Waals surface area contributed by atoms with Gasteiger partial charge in [-0.25, -0.2) is 8.42 Å². The van der Waals surface area contributed by atoms with Crippen molar-refractivity contribution in [1.29, 1.82) is 5.26 Å². The van der Waals surface area contributed by atoms with Gasteiger partial charge in [0.05, 0.1) is 41.3 Å². The van der Waals surface area contributed by atoms with Crippen molar-refractivity contribution in [3.8, 4) is 28.3 Å². The minimum Gasteiger partial charge on any atom is -0.372 e. The van der Waals surface area contributed by atoms with Gasteiger partial charge in [0, 0.05) is 41.5 Å². The Morgan fingerprint density at radius 3 is 2.19 bits per heavy atom. The van der Waals surface area contributed by atoms with Crippen molar-refractivity contribution in [3.05, 3.63) is 78.5 Å². The highest BCUT2D eigenvalue weighted by molar-refractivity contribution is 7.92. The van der Waals surface area contributed by atoms with Crippen molar-refractivity contribution in [2.24, 2.45) is 0 Å². The lowest BCUT2D eigenvalue weighted by atomic mass is 9.97. The fourth-order valence-corrected chi connectivity index (χ4v) is 5.53. The van der Waals surface area contributed by atoms with Gasteiger partial charge in [-0.3, -0.25) is 9.71 Å². The second-order valence-corrected chi connectivity index (χ2v) is 11.3. The second kappa shape index (κ2) is 9.85. The molecule has 0 saturated carbocycles. The van der Waals surface area contributed by atoms with Crippen LogP contribution in [-0.4, -0.2) is 45.0 Å². The standard InChI is InChI=1S/C29H28N4O3S/c1-19-17-33(18-20(2)36-19)24-13-11-23(12-14-24)27-16-31-28-25(22-9-7-21(15-30)8-10-22)5-4-6-26(28)29(27)32-37(3,34)35/h4-14,16,19-20H,17-18H2,1-3H3,(H,31,32)/t19-,20+. The number of ether oxygens (including phenoxy) is 1. The Hall–Kier alpha value is -3.93. The largest absolute Gasteiger partial charge is 0.372 e. The van der Waals surface area contributed by atoms with Crippen molar-refractivity contribution in [1.82, 2.24) is 4.98 Å².